The Bertz CT molecular complexity index is 763. The SMILES string of the molecule is Cc1ccccc1NC(=O)[C@@H]1CCCN(Cc2ccc(Cl)cc2Cl)C1. The van der Waals surface area contributed by atoms with E-state index in [4.69, 9.17) is 23.2 Å². The zero-order valence-electron chi connectivity index (χ0n) is 14.3. The van der Waals surface area contributed by atoms with Crippen molar-refractivity contribution in [1.82, 2.24) is 4.90 Å². The van der Waals surface area contributed by atoms with Crippen LogP contribution in [-0.4, -0.2) is 23.9 Å². The van der Waals surface area contributed by atoms with Gasteiger partial charge in [-0.1, -0.05) is 47.5 Å². The molecule has 132 valence electrons. The lowest BCUT2D eigenvalue weighted by molar-refractivity contribution is -0.121. The lowest BCUT2D eigenvalue weighted by Gasteiger charge is -2.32. The first-order valence-electron chi connectivity index (χ1n) is 8.55. The summed E-state index contributed by atoms with van der Waals surface area (Å²) in [5, 5.41) is 4.40. The topological polar surface area (TPSA) is 32.3 Å². The van der Waals surface area contributed by atoms with Crippen molar-refractivity contribution in [2.45, 2.75) is 26.3 Å². The molecule has 0 spiro atoms. The molecule has 0 bridgehead atoms. The van der Waals surface area contributed by atoms with Gasteiger partial charge in [-0.15, -0.1) is 0 Å². The molecule has 1 amide bonds. The van der Waals surface area contributed by atoms with Gasteiger partial charge < -0.3 is 5.32 Å². The molecule has 3 nitrogen and oxygen atoms in total. The number of aryl methyl sites for hydroxylation is 1. The number of halogens is 2. The number of para-hydroxylation sites is 1. The lowest BCUT2D eigenvalue weighted by atomic mass is 9.96. The van der Waals surface area contributed by atoms with Crippen molar-refractivity contribution in [1.29, 1.82) is 0 Å². The van der Waals surface area contributed by atoms with Gasteiger partial charge in [-0.25, -0.2) is 0 Å². The molecule has 1 saturated heterocycles. The number of likely N-dealkylation sites (tertiary alicyclic amines) is 1. The Morgan fingerprint density at radius 2 is 2.04 bits per heavy atom. The molecule has 1 fully saturated rings. The van der Waals surface area contributed by atoms with Gasteiger partial charge in [0.2, 0.25) is 5.91 Å². The van der Waals surface area contributed by atoms with Gasteiger partial charge in [0.1, 0.15) is 0 Å². The number of hydrogen-bond donors (Lipinski definition) is 1. The minimum Gasteiger partial charge on any atom is -0.326 e. The minimum atomic E-state index is -0.000526. The maximum atomic E-state index is 12.6. The van der Waals surface area contributed by atoms with Crippen LogP contribution >= 0.6 is 23.2 Å². The third-order valence-corrected chi connectivity index (χ3v) is 5.28. The molecule has 5 heteroatoms. The highest BCUT2D eigenvalue weighted by atomic mass is 35.5. The number of rotatable bonds is 4. The number of hydrogen-bond acceptors (Lipinski definition) is 2. The van der Waals surface area contributed by atoms with Crippen molar-refractivity contribution in [3.63, 3.8) is 0 Å². The fraction of sp³-hybridized carbons (Fsp3) is 0.350. The highest BCUT2D eigenvalue weighted by Crippen LogP contribution is 2.25. The molecule has 0 saturated carbocycles. The second-order valence-electron chi connectivity index (χ2n) is 6.61. The Balaban J connectivity index is 1.62. The minimum absolute atomic E-state index is 0.000526. The maximum Gasteiger partial charge on any atom is 0.228 e. The molecule has 25 heavy (non-hydrogen) atoms. The summed E-state index contributed by atoms with van der Waals surface area (Å²) < 4.78 is 0. The van der Waals surface area contributed by atoms with E-state index in [1.165, 1.54) is 0 Å². The molecule has 0 aromatic heterocycles. The van der Waals surface area contributed by atoms with Crippen molar-refractivity contribution >= 4 is 34.8 Å². The van der Waals surface area contributed by atoms with Crippen LogP contribution in [0.3, 0.4) is 0 Å². The summed E-state index contributed by atoms with van der Waals surface area (Å²) in [4.78, 5) is 14.9. The molecule has 1 atom stereocenters. The van der Waals surface area contributed by atoms with Crippen molar-refractivity contribution in [3.8, 4) is 0 Å². The summed E-state index contributed by atoms with van der Waals surface area (Å²) in [7, 11) is 0. The van der Waals surface area contributed by atoms with Crippen molar-refractivity contribution in [2.24, 2.45) is 5.92 Å². The highest BCUT2D eigenvalue weighted by Gasteiger charge is 2.26. The van der Waals surface area contributed by atoms with Crippen LogP contribution in [0.4, 0.5) is 5.69 Å². The van der Waals surface area contributed by atoms with Gasteiger partial charge in [-0.3, -0.25) is 9.69 Å². The molecule has 1 N–H and O–H groups in total. The highest BCUT2D eigenvalue weighted by molar-refractivity contribution is 6.35. The number of nitrogens with one attached hydrogen (secondary N) is 1. The third-order valence-electron chi connectivity index (χ3n) is 4.69. The second-order valence-corrected chi connectivity index (χ2v) is 7.46. The van der Waals surface area contributed by atoms with E-state index in [1.807, 2.05) is 43.3 Å². The van der Waals surface area contributed by atoms with Gasteiger partial charge in [-0.05, 0) is 55.6 Å². The largest absolute Gasteiger partial charge is 0.326 e. The zero-order valence-corrected chi connectivity index (χ0v) is 15.8. The molecule has 2 aromatic carbocycles. The Morgan fingerprint density at radius 3 is 2.80 bits per heavy atom. The monoisotopic (exact) mass is 376 g/mol. The first-order chi connectivity index (χ1) is 12.0. The van der Waals surface area contributed by atoms with Gasteiger partial charge in [0, 0.05) is 28.8 Å². The fourth-order valence-corrected chi connectivity index (χ4v) is 3.72. The summed E-state index contributed by atoms with van der Waals surface area (Å²) in [6, 6.07) is 13.5. The number of anilines is 1. The molecule has 0 aliphatic carbocycles. The van der Waals surface area contributed by atoms with E-state index in [0.717, 1.165) is 49.3 Å². The summed E-state index contributed by atoms with van der Waals surface area (Å²) in [5.41, 5.74) is 3.02. The average Bonchev–Trinajstić information content (AvgIpc) is 2.60. The smallest absolute Gasteiger partial charge is 0.228 e. The Morgan fingerprint density at radius 1 is 1.24 bits per heavy atom. The van der Waals surface area contributed by atoms with E-state index in [2.05, 4.69) is 10.2 Å². The van der Waals surface area contributed by atoms with Crippen molar-refractivity contribution in [3.05, 3.63) is 63.6 Å². The Kier molecular flexibility index (Phi) is 6.00. The Hall–Kier alpha value is -1.55. The van der Waals surface area contributed by atoms with E-state index < -0.39 is 0 Å². The van der Waals surface area contributed by atoms with Gasteiger partial charge in [0.15, 0.2) is 0 Å². The maximum absolute atomic E-state index is 12.6. The van der Waals surface area contributed by atoms with E-state index in [0.29, 0.717) is 10.0 Å². The van der Waals surface area contributed by atoms with Crippen LogP contribution in [0.25, 0.3) is 0 Å². The van der Waals surface area contributed by atoms with Crippen LogP contribution in [0, 0.1) is 12.8 Å². The number of nitrogens with zero attached hydrogens (tertiary/aromatic N) is 1. The van der Waals surface area contributed by atoms with E-state index in [9.17, 15) is 4.79 Å². The summed E-state index contributed by atoms with van der Waals surface area (Å²) >= 11 is 12.2. The second kappa shape index (κ2) is 8.22. The number of amides is 1. The normalized spacial score (nSPS) is 18.1. The summed E-state index contributed by atoms with van der Waals surface area (Å²) in [6.45, 7) is 4.47. The molecule has 3 rings (SSSR count). The molecule has 2 aromatic rings. The molecular formula is C20H22Cl2N2O. The van der Waals surface area contributed by atoms with E-state index in [1.54, 1.807) is 6.07 Å². The number of carbonyl (C=O) groups is 1. The third kappa shape index (κ3) is 4.75. The van der Waals surface area contributed by atoms with Crippen LogP contribution in [-0.2, 0) is 11.3 Å². The number of carbonyl (C=O) groups excluding carboxylic acids is 1. The molecule has 0 unspecified atom stereocenters. The van der Waals surface area contributed by atoms with Gasteiger partial charge >= 0.3 is 0 Å². The van der Waals surface area contributed by atoms with E-state index in [-0.39, 0.29) is 11.8 Å². The molecule has 0 radical (unpaired) electrons. The van der Waals surface area contributed by atoms with Crippen LogP contribution in [0.2, 0.25) is 10.0 Å². The number of benzene rings is 2. The molecule has 1 aliphatic heterocycles. The number of piperidine rings is 1. The van der Waals surface area contributed by atoms with Crippen LogP contribution < -0.4 is 5.32 Å². The Labute approximate surface area is 158 Å². The lowest BCUT2D eigenvalue weighted by Crippen LogP contribution is -2.40. The molecular weight excluding hydrogens is 355 g/mol. The quantitative estimate of drug-likeness (QED) is 0.799. The average molecular weight is 377 g/mol. The fourth-order valence-electron chi connectivity index (χ4n) is 3.25. The first kappa shape index (κ1) is 18.2. The predicted octanol–water partition coefficient (Wildman–Crippen LogP) is 5.15. The molecule has 1 heterocycles. The van der Waals surface area contributed by atoms with Crippen molar-refractivity contribution in [2.75, 3.05) is 18.4 Å². The van der Waals surface area contributed by atoms with Crippen LogP contribution in [0.15, 0.2) is 42.5 Å². The van der Waals surface area contributed by atoms with Gasteiger partial charge in [0.25, 0.3) is 0 Å². The van der Waals surface area contributed by atoms with Gasteiger partial charge in [0.05, 0.1) is 5.92 Å². The molecule has 1 aliphatic rings. The summed E-state index contributed by atoms with van der Waals surface area (Å²) in [6.07, 6.45) is 1.93. The standard InChI is InChI=1S/C20H22Cl2N2O/c1-14-5-2-3-7-19(14)23-20(25)16-6-4-10-24(13-16)12-15-8-9-17(21)11-18(15)22/h2-3,5,7-9,11,16H,4,6,10,12-13H2,1H3,(H,23,25)/t16-/m1/s1. The van der Waals surface area contributed by atoms with E-state index >= 15 is 0 Å². The van der Waals surface area contributed by atoms with Gasteiger partial charge in [-0.2, -0.15) is 0 Å². The van der Waals surface area contributed by atoms with Crippen LogP contribution in [0.5, 0.6) is 0 Å². The van der Waals surface area contributed by atoms with Crippen LogP contribution in [0.1, 0.15) is 24.0 Å². The summed E-state index contributed by atoms with van der Waals surface area (Å²) in [5.74, 6) is 0.0978. The first-order valence-corrected chi connectivity index (χ1v) is 9.31. The zero-order chi connectivity index (χ0) is 17.8. The van der Waals surface area contributed by atoms with Crippen molar-refractivity contribution < 1.29 is 4.79 Å². The predicted molar refractivity (Wildman–Crippen MR) is 104 cm³/mol.